The molecule has 8 heteroatoms. The monoisotopic (exact) mass is 500 g/mol. The van der Waals surface area contributed by atoms with E-state index in [9.17, 15) is 0 Å². The van der Waals surface area contributed by atoms with Crippen LogP contribution in [0.15, 0.2) is 60.7 Å². The van der Waals surface area contributed by atoms with Crippen molar-refractivity contribution >= 4 is 34.6 Å². The highest BCUT2D eigenvalue weighted by Crippen LogP contribution is 2.39. The SMILES string of the molecule is COc1cc(Cl)ccc1NC(=S)N(Cc1cc(OC)c(OC)c(OC)c1)[C@H](C)c1ccccc1. The number of hydrogen-bond donors (Lipinski definition) is 1. The summed E-state index contributed by atoms with van der Waals surface area (Å²) >= 11 is 12.0. The topological polar surface area (TPSA) is 52.2 Å². The van der Waals surface area contributed by atoms with Crippen LogP contribution in [0.5, 0.6) is 23.0 Å². The molecule has 0 saturated heterocycles. The molecule has 1 N–H and O–H groups in total. The van der Waals surface area contributed by atoms with Gasteiger partial charge in [-0.05, 0) is 54.5 Å². The molecule has 0 aromatic heterocycles. The summed E-state index contributed by atoms with van der Waals surface area (Å²) in [5.74, 6) is 2.32. The van der Waals surface area contributed by atoms with E-state index >= 15 is 0 Å². The summed E-state index contributed by atoms with van der Waals surface area (Å²) in [4.78, 5) is 2.10. The van der Waals surface area contributed by atoms with Crippen LogP contribution < -0.4 is 24.3 Å². The minimum Gasteiger partial charge on any atom is -0.495 e. The summed E-state index contributed by atoms with van der Waals surface area (Å²) in [5, 5.41) is 4.44. The summed E-state index contributed by atoms with van der Waals surface area (Å²) < 4.78 is 22.0. The van der Waals surface area contributed by atoms with Gasteiger partial charge in [-0.15, -0.1) is 0 Å². The second kappa shape index (κ2) is 11.8. The molecule has 0 heterocycles. The van der Waals surface area contributed by atoms with Crippen LogP contribution in [-0.2, 0) is 6.54 Å². The van der Waals surface area contributed by atoms with Crippen molar-refractivity contribution in [2.24, 2.45) is 0 Å². The van der Waals surface area contributed by atoms with Crippen molar-refractivity contribution in [3.05, 3.63) is 76.8 Å². The fourth-order valence-corrected chi connectivity index (χ4v) is 4.17. The molecule has 0 aliphatic heterocycles. The smallest absolute Gasteiger partial charge is 0.203 e. The van der Waals surface area contributed by atoms with Crippen LogP contribution in [0, 0.1) is 0 Å². The fourth-order valence-electron chi connectivity index (χ4n) is 3.67. The summed E-state index contributed by atoms with van der Waals surface area (Å²) in [6.45, 7) is 2.61. The van der Waals surface area contributed by atoms with Gasteiger partial charge >= 0.3 is 0 Å². The lowest BCUT2D eigenvalue weighted by Gasteiger charge is -2.33. The normalized spacial score (nSPS) is 11.4. The standard InChI is InChI=1S/C26H29ClN2O4S/c1-17(19-9-7-6-8-10-19)29(26(34)28-21-12-11-20(27)15-22(21)30-2)16-18-13-23(31-3)25(33-5)24(14-18)32-4/h6-15,17H,16H2,1-5H3,(H,28,34)/t17-/m1/s1. The summed E-state index contributed by atoms with van der Waals surface area (Å²) in [6.07, 6.45) is 0. The Labute approximate surface area is 211 Å². The van der Waals surface area contributed by atoms with Crippen molar-refractivity contribution in [1.29, 1.82) is 0 Å². The minimum absolute atomic E-state index is 0.0291. The molecule has 0 aliphatic rings. The van der Waals surface area contributed by atoms with Gasteiger partial charge in [-0.2, -0.15) is 0 Å². The van der Waals surface area contributed by atoms with Crippen molar-refractivity contribution in [2.45, 2.75) is 19.5 Å². The largest absolute Gasteiger partial charge is 0.495 e. The van der Waals surface area contributed by atoms with Crippen LogP contribution in [0.4, 0.5) is 5.69 Å². The quantitative estimate of drug-likeness (QED) is 0.344. The van der Waals surface area contributed by atoms with Crippen molar-refractivity contribution in [3.63, 3.8) is 0 Å². The minimum atomic E-state index is -0.0291. The van der Waals surface area contributed by atoms with Gasteiger partial charge in [-0.1, -0.05) is 41.9 Å². The number of hydrogen-bond acceptors (Lipinski definition) is 5. The van der Waals surface area contributed by atoms with Gasteiger partial charge in [0.2, 0.25) is 5.75 Å². The molecule has 6 nitrogen and oxygen atoms in total. The highest BCUT2D eigenvalue weighted by Gasteiger charge is 2.22. The Balaban J connectivity index is 1.99. The van der Waals surface area contributed by atoms with Crippen LogP contribution in [0.25, 0.3) is 0 Å². The molecule has 180 valence electrons. The number of benzene rings is 3. The average Bonchev–Trinajstić information content (AvgIpc) is 2.87. The van der Waals surface area contributed by atoms with Gasteiger partial charge in [0.15, 0.2) is 16.6 Å². The molecule has 0 unspecified atom stereocenters. The van der Waals surface area contributed by atoms with Crippen molar-refractivity contribution in [3.8, 4) is 23.0 Å². The molecule has 34 heavy (non-hydrogen) atoms. The number of methoxy groups -OCH3 is 4. The molecular formula is C26H29ClN2O4S. The molecule has 0 saturated carbocycles. The van der Waals surface area contributed by atoms with E-state index in [0.717, 1.165) is 16.8 Å². The van der Waals surface area contributed by atoms with E-state index in [-0.39, 0.29) is 6.04 Å². The molecule has 1 atom stereocenters. The van der Waals surface area contributed by atoms with Crippen LogP contribution in [0.3, 0.4) is 0 Å². The van der Waals surface area contributed by atoms with Gasteiger partial charge in [-0.25, -0.2) is 0 Å². The lowest BCUT2D eigenvalue weighted by atomic mass is 10.1. The zero-order valence-electron chi connectivity index (χ0n) is 19.9. The Morgan fingerprint density at radius 2 is 1.50 bits per heavy atom. The molecule has 0 bridgehead atoms. The van der Waals surface area contributed by atoms with Gasteiger partial charge < -0.3 is 29.2 Å². The predicted octanol–water partition coefficient (Wildman–Crippen LogP) is 6.33. The third-order valence-corrected chi connectivity index (χ3v) is 6.06. The predicted molar refractivity (Wildman–Crippen MR) is 141 cm³/mol. The number of halogens is 1. The molecular weight excluding hydrogens is 472 g/mol. The van der Waals surface area contributed by atoms with E-state index in [2.05, 4.69) is 29.3 Å². The average molecular weight is 501 g/mol. The van der Waals surface area contributed by atoms with E-state index < -0.39 is 0 Å². The Morgan fingerprint density at radius 1 is 0.882 bits per heavy atom. The number of nitrogens with one attached hydrogen (secondary N) is 1. The highest BCUT2D eigenvalue weighted by atomic mass is 35.5. The first-order chi connectivity index (χ1) is 16.4. The van der Waals surface area contributed by atoms with Gasteiger partial charge in [0.05, 0.1) is 40.2 Å². The third-order valence-electron chi connectivity index (χ3n) is 5.49. The number of ether oxygens (including phenoxy) is 4. The second-order valence-electron chi connectivity index (χ2n) is 7.52. The summed E-state index contributed by atoms with van der Waals surface area (Å²) in [5.41, 5.74) is 2.80. The molecule has 0 fully saturated rings. The number of nitrogens with zero attached hydrogens (tertiary/aromatic N) is 1. The maximum absolute atomic E-state index is 6.13. The number of rotatable bonds is 9. The molecule has 0 amide bonds. The fraction of sp³-hybridized carbons (Fsp3) is 0.269. The highest BCUT2D eigenvalue weighted by molar-refractivity contribution is 7.80. The Morgan fingerprint density at radius 3 is 2.06 bits per heavy atom. The molecule has 0 aliphatic carbocycles. The Bertz CT molecular complexity index is 1100. The summed E-state index contributed by atoms with van der Waals surface area (Å²) in [7, 11) is 6.39. The lowest BCUT2D eigenvalue weighted by Crippen LogP contribution is -2.36. The van der Waals surface area contributed by atoms with Crippen LogP contribution in [0.2, 0.25) is 5.02 Å². The van der Waals surface area contributed by atoms with Gasteiger partial charge in [0.1, 0.15) is 5.75 Å². The van der Waals surface area contributed by atoms with Gasteiger partial charge in [0, 0.05) is 17.6 Å². The zero-order valence-corrected chi connectivity index (χ0v) is 21.5. The van der Waals surface area contributed by atoms with E-state index in [1.165, 1.54) is 0 Å². The molecule has 3 aromatic rings. The third kappa shape index (κ3) is 5.85. The molecule has 3 rings (SSSR count). The molecule has 0 radical (unpaired) electrons. The zero-order chi connectivity index (χ0) is 24.7. The van der Waals surface area contributed by atoms with Gasteiger partial charge in [0.25, 0.3) is 0 Å². The van der Waals surface area contributed by atoms with Crippen LogP contribution in [0.1, 0.15) is 24.1 Å². The maximum Gasteiger partial charge on any atom is 0.203 e. The first-order valence-electron chi connectivity index (χ1n) is 10.7. The van der Waals surface area contributed by atoms with Crippen LogP contribution >= 0.6 is 23.8 Å². The number of anilines is 1. The van der Waals surface area contributed by atoms with E-state index in [0.29, 0.717) is 39.7 Å². The first-order valence-corrected chi connectivity index (χ1v) is 11.4. The maximum atomic E-state index is 6.13. The van der Waals surface area contributed by atoms with E-state index in [1.54, 1.807) is 40.6 Å². The number of thiocarbonyl (C=S) groups is 1. The Kier molecular flexibility index (Phi) is 8.85. The lowest BCUT2D eigenvalue weighted by molar-refractivity contribution is 0.316. The van der Waals surface area contributed by atoms with Crippen molar-refractivity contribution in [1.82, 2.24) is 4.90 Å². The molecule has 0 spiro atoms. The second-order valence-corrected chi connectivity index (χ2v) is 8.35. The van der Waals surface area contributed by atoms with Crippen molar-refractivity contribution in [2.75, 3.05) is 33.8 Å². The van der Waals surface area contributed by atoms with Crippen molar-refractivity contribution < 1.29 is 18.9 Å². The van der Waals surface area contributed by atoms with E-state index in [4.69, 9.17) is 42.8 Å². The van der Waals surface area contributed by atoms with Crippen LogP contribution in [-0.4, -0.2) is 38.5 Å². The summed E-state index contributed by atoms with van der Waals surface area (Å²) in [6, 6.07) is 19.4. The molecule has 3 aromatic carbocycles. The van der Waals surface area contributed by atoms with Gasteiger partial charge in [-0.3, -0.25) is 0 Å². The Hall–Kier alpha value is -3.16. The van der Waals surface area contributed by atoms with E-state index in [1.807, 2.05) is 36.4 Å². The first kappa shape index (κ1) is 25.5.